The lowest BCUT2D eigenvalue weighted by Gasteiger charge is -2.37. The Morgan fingerprint density at radius 3 is 2.52 bits per heavy atom. The molecule has 1 amide bonds. The van der Waals surface area contributed by atoms with Crippen LogP contribution in [0.25, 0.3) is 0 Å². The number of piperidine rings is 1. The Labute approximate surface area is 165 Å². The first kappa shape index (κ1) is 19.8. The van der Waals surface area contributed by atoms with Crippen LogP contribution in [-0.2, 0) is 6.42 Å². The van der Waals surface area contributed by atoms with Crippen molar-refractivity contribution >= 4 is 17.5 Å². The number of amides is 1. The van der Waals surface area contributed by atoms with Crippen LogP contribution < -0.4 is 0 Å². The normalized spacial score (nSPS) is 15.3. The van der Waals surface area contributed by atoms with Crippen LogP contribution in [0.3, 0.4) is 0 Å². The molecule has 0 N–H and O–H groups in total. The van der Waals surface area contributed by atoms with Gasteiger partial charge in [0.25, 0.3) is 5.91 Å². The Bertz CT molecular complexity index is 740. The molecule has 1 aliphatic heterocycles. The Kier molecular flexibility index (Phi) is 6.86. The van der Waals surface area contributed by atoms with Crippen molar-refractivity contribution in [2.75, 3.05) is 26.7 Å². The van der Waals surface area contributed by atoms with E-state index < -0.39 is 0 Å². The lowest BCUT2D eigenvalue weighted by Crippen LogP contribution is -2.45. The predicted octanol–water partition coefficient (Wildman–Crippen LogP) is 4.65. The van der Waals surface area contributed by atoms with E-state index in [9.17, 15) is 9.18 Å². The second-order valence-corrected chi connectivity index (χ2v) is 7.58. The van der Waals surface area contributed by atoms with Gasteiger partial charge in [-0.1, -0.05) is 35.9 Å². The molecule has 2 aromatic rings. The highest BCUT2D eigenvalue weighted by Gasteiger charge is 2.25. The van der Waals surface area contributed by atoms with Gasteiger partial charge < -0.3 is 9.80 Å². The van der Waals surface area contributed by atoms with Crippen LogP contribution in [0, 0.1) is 5.82 Å². The fourth-order valence-corrected chi connectivity index (χ4v) is 3.99. The molecule has 0 atom stereocenters. The van der Waals surface area contributed by atoms with Gasteiger partial charge in [0, 0.05) is 35.3 Å². The highest BCUT2D eigenvalue weighted by molar-refractivity contribution is 6.31. The van der Waals surface area contributed by atoms with E-state index in [1.807, 2.05) is 35.2 Å². The summed E-state index contributed by atoms with van der Waals surface area (Å²) in [4.78, 5) is 16.8. The summed E-state index contributed by atoms with van der Waals surface area (Å²) in [6.45, 7) is 2.45. The van der Waals surface area contributed by atoms with Crippen molar-refractivity contribution in [1.82, 2.24) is 9.80 Å². The van der Waals surface area contributed by atoms with Crippen molar-refractivity contribution in [2.24, 2.45) is 0 Å². The summed E-state index contributed by atoms with van der Waals surface area (Å²) in [7, 11) is 2.11. The van der Waals surface area contributed by atoms with Crippen LogP contribution in [0.4, 0.5) is 4.39 Å². The summed E-state index contributed by atoms with van der Waals surface area (Å²) in [5.41, 5.74) is 1.36. The summed E-state index contributed by atoms with van der Waals surface area (Å²) in [6, 6.07) is 14.8. The number of carbonyl (C=O) groups is 1. The lowest BCUT2D eigenvalue weighted by molar-refractivity contribution is 0.0645. The van der Waals surface area contributed by atoms with E-state index >= 15 is 0 Å². The average Bonchev–Trinajstić information content (AvgIpc) is 2.70. The third-order valence-electron chi connectivity index (χ3n) is 5.40. The summed E-state index contributed by atoms with van der Waals surface area (Å²) in [5, 5.41) is 0.505. The van der Waals surface area contributed by atoms with Crippen LogP contribution in [0.5, 0.6) is 0 Å². The first-order chi connectivity index (χ1) is 13.1. The monoisotopic (exact) mass is 388 g/mol. The SMILES string of the molecule is CN(CCCc1c(F)cccc1Cl)C1CCN(C(=O)c2ccccc2)CC1. The first-order valence-electron chi connectivity index (χ1n) is 9.53. The van der Waals surface area contributed by atoms with Crippen molar-refractivity contribution in [1.29, 1.82) is 0 Å². The largest absolute Gasteiger partial charge is 0.339 e. The van der Waals surface area contributed by atoms with Crippen LogP contribution in [0.2, 0.25) is 5.02 Å². The fraction of sp³-hybridized carbons (Fsp3) is 0.409. The molecule has 144 valence electrons. The molecule has 3 rings (SSSR count). The molecule has 0 radical (unpaired) electrons. The standard InChI is InChI=1S/C22H26ClFN2O/c1-25(14-6-9-19-20(23)10-5-11-21(19)24)18-12-15-26(16-13-18)22(27)17-7-3-2-4-8-17/h2-5,7-8,10-11,18H,6,9,12-16H2,1H3. The fourth-order valence-electron chi connectivity index (χ4n) is 3.73. The quantitative estimate of drug-likeness (QED) is 0.719. The van der Waals surface area contributed by atoms with Crippen molar-refractivity contribution in [2.45, 2.75) is 31.7 Å². The maximum Gasteiger partial charge on any atom is 0.253 e. The minimum atomic E-state index is -0.224. The number of rotatable bonds is 6. The number of nitrogens with zero attached hydrogens (tertiary/aromatic N) is 2. The number of carbonyl (C=O) groups excluding carboxylic acids is 1. The lowest BCUT2D eigenvalue weighted by atomic mass is 10.0. The maximum absolute atomic E-state index is 13.9. The van der Waals surface area contributed by atoms with Crippen molar-refractivity contribution in [3.05, 3.63) is 70.5 Å². The van der Waals surface area contributed by atoms with Crippen LogP contribution >= 0.6 is 11.6 Å². The molecule has 0 aromatic heterocycles. The number of hydrogen-bond acceptors (Lipinski definition) is 2. The van der Waals surface area contributed by atoms with Gasteiger partial charge in [-0.3, -0.25) is 4.79 Å². The van der Waals surface area contributed by atoms with Crippen LogP contribution in [-0.4, -0.2) is 48.4 Å². The zero-order valence-electron chi connectivity index (χ0n) is 15.7. The highest BCUT2D eigenvalue weighted by Crippen LogP contribution is 2.22. The van der Waals surface area contributed by atoms with E-state index in [1.165, 1.54) is 6.07 Å². The van der Waals surface area contributed by atoms with Gasteiger partial charge in [-0.25, -0.2) is 4.39 Å². The number of likely N-dealkylation sites (tertiary alicyclic amines) is 1. The summed E-state index contributed by atoms with van der Waals surface area (Å²) in [5.74, 6) is -0.108. The van der Waals surface area contributed by atoms with Gasteiger partial charge in [-0.05, 0) is 63.5 Å². The van der Waals surface area contributed by atoms with E-state index in [2.05, 4.69) is 11.9 Å². The van der Waals surface area contributed by atoms with Crippen molar-refractivity contribution in [3.63, 3.8) is 0 Å². The molecule has 1 heterocycles. The third-order valence-corrected chi connectivity index (χ3v) is 5.75. The van der Waals surface area contributed by atoms with E-state index in [4.69, 9.17) is 11.6 Å². The second-order valence-electron chi connectivity index (χ2n) is 7.17. The van der Waals surface area contributed by atoms with Gasteiger partial charge in [0.1, 0.15) is 5.82 Å². The average molecular weight is 389 g/mol. The van der Waals surface area contributed by atoms with Crippen LogP contribution in [0.15, 0.2) is 48.5 Å². The molecule has 1 aliphatic rings. The summed E-state index contributed by atoms with van der Waals surface area (Å²) in [6.07, 6.45) is 3.44. The summed E-state index contributed by atoms with van der Waals surface area (Å²) < 4.78 is 13.9. The molecular formula is C22H26ClFN2O. The van der Waals surface area contributed by atoms with Crippen molar-refractivity contribution < 1.29 is 9.18 Å². The third kappa shape index (κ3) is 5.08. The van der Waals surface area contributed by atoms with Gasteiger partial charge in [0.2, 0.25) is 0 Å². The highest BCUT2D eigenvalue weighted by atomic mass is 35.5. The minimum Gasteiger partial charge on any atom is -0.339 e. The van der Waals surface area contributed by atoms with E-state index in [-0.39, 0.29) is 11.7 Å². The number of benzene rings is 2. The second kappa shape index (κ2) is 9.34. The molecule has 0 bridgehead atoms. The molecule has 27 heavy (non-hydrogen) atoms. The van der Waals surface area contributed by atoms with Gasteiger partial charge in [-0.2, -0.15) is 0 Å². The molecule has 0 spiro atoms. The summed E-state index contributed by atoms with van der Waals surface area (Å²) >= 11 is 6.10. The Hall–Kier alpha value is -1.91. The van der Waals surface area contributed by atoms with Gasteiger partial charge in [-0.15, -0.1) is 0 Å². The molecule has 0 aliphatic carbocycles. The Balaban J connectivity index is 1.45. The maximum atomic E-state index is 13.9. The first-order valence-corrected chi connectivity index (χ1v) is 9.91. The predicted molar refractivity (Wildman–Crippen MR) is 108 cm³/mol. The number of halogens is 2. The van der Waals surface area contributed by atoms with Gasteiger partial charge in [0.05, 0.1) is 0 Å². The molecule has 1 fully saturated rings. The zero-order valence-corrected chi connectivity index (χ0v) is 16.5. The van der Waals surface area contributed by atoms with E-state index in [0.717, 1.165) is 44.5 Å². The number of hydrogen-bond donors (Lipinski definition) is 0. The molecule has 3 nitrogen and oxygen atoms in total. The van der Waals surface area contributed by atoms with Gasteiger partial charge in [0.15, 0.2) is 0 Å². The molecule has 0 saturated carbocycles. The van der Waals surface area contributed by atoms with E-state index in [1.54, 1.807) is 12.1 Å². The topological polar surface area (TPSA) is 23.6 Å². The molecular weight excluding hydrogens is 363 g/mol. The Morgan fingerprint density at radius 2 is 1.85 bits per heavy atom. The molecule has 2 aromatic carbocycles. The van der Waals surface area contributed by atoms with Crippen LogP contribution in [0.1, 0.15) is 35.2 Å². The zero-order chi connectivity index (χ0) is 19.2. The minimum absolute atomic E-state index is 0.117. The van der Waals surface area contributed by atoms with Gasteiger partial charge >= 0.3 is 0 Å². The molecule has 0 unspecified atom stereocenters. The smallest absolute Gasteiger partial charge is 0.253 e. The molecule has 5 heteroatoms. The Morgan fingerprint density at radius 1 is 1.15 bits per heavy atom. The molecule has 1 saturated heterocycles. The van der Waals surface area contributed by atoms with E-state index in [0.29, 0.717) is 23.0 Å². The van der Waals surface area contributed by atoms with Crippen molar-refractivity contribution in [3.8, 4) is 0 Å².